The van der Waals surface area contributed by atoms with Gasteiger partial charge in [-0.25, -0.2) is 0 Å². The molecule has 1 atom stereocenters. The lowest BCUT2D eigenvalue weighted by molar-refractivity contribution is 0.466. The highest BCUT2D eigenvalue weighted by Gasteiger charge is 2.10. The molecule has 1 nitrogen and oxygen atoms in total. The van der Waals surface area contributed by atoms with Gasteiger partial charge in [0.15, 0.2) is 0 Å². The fourth-order valence-electron chi connectivity index (χ4n) is 2.86. The molecule has 0 aromatic heterocycles. The molecule has 0 saturated heterocycles. The van der Waals surface area contributed by atoms with Crippen LogP contribution < -0.4 is 5.32 Å². The molecule has 120 valence electrons. The molecule has 1 heteroatoms. The third-order valence-corrected chi connectivity index (χ3v) is 4.25. The van der Waals surface area contributed by atoms with Crippen molar-refractivity contribution in [1.82, 2.24) is 5.32 Å². The summed E-state index contributed by atoms with van der Waals surface area (Å²) in [6.45, 7) is 7.89. The summed E-state index contributed by atoms with van der Waals surface area (Å²) in [7, 11) is 0. The molecule has 0 radical (unpaired) electrons. The number of aryl methyl sites for hydroxylation is 1. The first-order valence-corrected chi connectivity index (χ1v) is 9.14. The minimum absolute atomic E-state index is 0.544. The van der Waals surface area contributed by atoms with Crippen LogP contribution in [0.3, 0.4) is 0 Å². The zero-order valence-electron chi connectivity index (χ0n) is 14.5. The summed E-state index contributed by atoms with van der Waals surface area (Å²) in [4.78, 5) is 0. The minimum atomic E-state index is 0.544. The number of rotatable bonds is 12. The van der Waals surface area contributed by atoms with Gasteiger partial charge >= 0.3 is 0 Å². The van der Waals surface area contributed by atoms with Crippen LogP contribution in [0.15, 0.2) is 24.3 Å². The maximum absolute atomic E-state index is 3.74. The van der Waals surface area contributed by atoms with Crippen LogP contribution in [0.1, 0.15) is 89.3 Å². The predicted octanol–water partition coefficient (Wildman–Crippen LogP) is 6.04. The van der Waals surface area contributed by atoms with Crippen molar-refractivity contribution in [1.29, 1.82) is 0 Å². The van der Waals surface area contributed by atoms with Crippen molar-refractivity contribution in [2.45, 2.75) is 84.6 Å². The largest absolute Gasteiger partial charge is 0.310 e. The van der Waals surface area contributed by atoms with Gasteiger partial charge in [-0.1, -0.05) is 83.6 Å². The van der Waals surface area contributed by atoms with Gasteiger partial charge in [-0.05, 0) is 36.9 Å². The zero-order chi connectivity index (χ0) is 15.3. The third kappa shape index (κ3) is 7.66. The van der Waals surface area contributed by atoms with Crippen molar-refractivity contribution in [3.8, 4) is 0 Å². The highest BCUT2D eigenvalue weighted by atomic mass is 14.9. The van der Waals surface area contributed by atoms with Crippen molar-refractivity contribution in [3.63, 3.8) is 0 Å². The molecule has 0 aliphatic rings. The van der Waals surface area contributed by atoms with Gasteiger partial charge in [0.05, 0.1) is 0 Å². The van der Waals surface area contributed by atoms with Crippen LogP contribution in [0.2, 0.25) is 0 Å². The number of nitrogens with one attached hydrogen (secondary N) is 1. The van der Waals surface area contributed by atoms with Gasteiger partial charge in [-0.3, -0.25) is 0 Å². The second kappa shape index (κ2) is 11.8. The Balaban J connectivity index is 2.46. The van der Waals surface area contributed by atoms with Gasteiger partial charge < -0.3 is 5.32 Å². The predicted molar refractivity (Wildman–Crippen MR) is 94.8 cm³/mol. The molecule has 0 aliphatic heterocycles. The van der Waals surface area contributed by atoms with Gasteiger partial charge in [0, 0.05) is 6.04 Å². The second-order valence-corrected chi connectivity index (χ2v) is 6.16. The fraction of sp³-hybridized carbons (Fsp3) is 0.700. The van der Waals surface area contributed by atoms with Gasteiger partial charge in [-0.15, -0.1) is 0 Å². The van der Waals surface area contributed by atoms with Crippen molar-refractivity contribution in [2.24, 2.45) is 0 Å². The van der Waals surface area contributed by atoms with E-state index in [0.29, 0.717) is 6.04 Å². The van der Waals surface area contributed by atoms with E-state index < -0.39 is 0 Å². The van der Waals surface area contributed by atoms with Crippen molar-refractivity contribution < 1.29 is 0 Å². The fourth-order valence-corrected chi connectivity index (χ4v) is 2.86. The molecule has 1 aromatic rings. The Morgan fingerprint density at radius 3 is 2.38 bits per heavy atom. The van der Waals surface area contributed by atoms with Crippen molar-refractivity contribution in [2.75, 3.05) is 6.54 Å². The van der Waals surface area contributed by atoms with E-state index >= 15 is 0 Å². The van der Waals surface area contributed by atoms with Gasteiger partial charge in [0.25, 0.3) is 0 Å². The van der Waals surface area contributed by atoms with E-state index in [2.05, 4.69) is 50.4 Å². The average molecular weight is 290 g/mol. The Kier molecular flexibility index (Phi) is 10.2. The lowest BCUT2D eigenvalue weighted by atomic mass is 9.97. The molecule has 0 bridgehead atoms. The standard InChI is InChI=1S/C20H35N/c1-4-7-8-9-10-11-15-20(21-16-5-2)19-14-12-13-18(6-3)17-19/h12-14,17,20-21H,4-11,15-16H2,1-3H3. The first kappa shape index (κ1) is 18.2. The summed E-state index contributed by atoms with van der Waals surface area (Å²) < 4.78 is 0. The molecular weight excluding hydrogens is 254 g/mol. The van der Waals surface area contributed by atoms with Crippen LogP contribution >= 0.6 is 0 Å². The summed E-state index contributed by atoms with van der Waals surface area (Å²) in [6.07, 6.45) is 11.9. The molecular formula is C20H35N. The van der Waals surface area contributed by atoms with Crippen LogP contribution in [0.5, 0.6) is 0 Å². The first-order chi connectivity index (χ1) is 10.3. The summed E-state index contributed by atoms with van der Waals surface area (Å²) >= 11 is 0. The molecule has 0 aliphatic carbocycles. The quantitative estimate of drug-likeness (QED) is 0.462. The van der Waals surface area contributed by atoms with Crippen molar-refractivity contribution in [3.05, 3.63) is 35.4 Å². The summed E-state index contributed by atoms with van der Waals surface area (Å²) in [6, 6.07) is 9.69. The van der Waals surface area contributed by atoms with Gasteiger partial charge in [-0.2, -0.15) is 0 Å². The molecule has 1 unspecified atom stereocenters. The summed E-state index contributed by atoms with van der Waals surface area (Å²) in [5.41, 5.74) is 2.94. The van der Waals surface area contributed by atoms with Crippen LogP contribution in [0, 0.1) is 0 Å². The topological polar surface area (TPSA) is 12.0 Å². The van der Waals surface area contributed by atoms with Crippen LogP contribution in [-0.2, 0) is 6.42 Å². The molecule has 1 rings (SSSR count). The van der Waals surface area contributed by atoms with E-state index in [1.54, 1.807) is 0 Å². The van der Waals surface area contributed by atoms with E-state index in [4.69, 9.17) is 0 Å². The van der Waals surface area contributed by atoms with E-state index in [1.165, 1.54) is 62.5 Å². The maximum Gasteiger partial charge on any atom is 0.0320 e. The number of benzene rings is 1. The molecule has 1 N–H and O–H groups in total. The molecule has 0 heterocycles. The Hall–Kier alpha value is -0.820. The lowest BCUT2D eigenvalue weighted by Gasteiger charge is -2.20. The van der Waals surface area contributed by atoms with Crippen LogP contribution in [0.4, 0.5) is 0 Å². The lowest BCUT2D eigenvalue weighted by Crippen LogP contribution is -2.22. The second-order valence-electron chi connectivity index (χ2n) is 6.16. The molecule has 0 saturated carbocycles. The average Bonchev–Trinajstić information content (AvgIpc) is 2.53. The minimum Gasteiger partial charge on any atom is -0.310 e. The Morgan fingerprint density at radius 2 is 1.67 bits per heavy atom. The Labute approximate surface area is 132 Å². The monoisotopic (exact) mass is 289 g/mol. The van der Waals surface area contributed by atoms with Crippen LogP contribution in [-0.4, -0.2) is 6.54 Å². The number of unbranched alkanes of at least 4 members (excludes halogenated alkanes) is 5. The molecule has 21 heavy (non-hydrogen) atoms. The summed E-state index contributed by atoms with van der Waals surface area (Å²) in [5, 5.41) is 3.74. The molecule has 0 amide bonds. The highest BCUT2D eigenvalue weighted by molar-refractivity contribution is 5.26. The number of hydrogen-bond acceptors (Lipinski definition) is 1. The summed E-state index contributed by atoms with van der Waals surface area (Å²) in [5.74, 6) is 0. The van der Waals surface area contributed by atoms with E-state index in [9.17, 15) is 0 Å². The first-order valence-electron chi connectivity index (χ1n) is 9.14. The SMILES string of the molecule is CCCCCCCCC(NCCC)c1cccc(CC)c1. The Bertz CT molecular complexity index is 359. The number of hydrogen-bond donors (Lipinski definition) is 1. The Morgan fingerprint density at radius 1 is 0.905 bits per heavy atom. The van der Waals surface area contributed by atoms with Gasteiger partial charge in [0.1, 0.15) is 0 Å². The smallest absolute Gasteiger partial charge is 0.0320 e. The van der Waals surface area contributed by atoms with E-state index in [-0.39, 0.29) is 0 Å². The third-order valence-electron chi connectivity index (χ3n) is 4.25. The molecule has 1 aromatic carbocycles. The van der Waals surface area contributed by atoms with Gasteiger partial charge in [0.2, 0.25) is 0 Å². The zero-order valence-corrected chi connectivity index (χ0v) is 14.5. The molecule has 0 fully saturated rings. The normalized spacial score (nSPS) is 12.5. The van der Waals surface area contributed by atoms with Crippen LogP contribution in [0.25, 0.3) is 0 Å². The van der Waals surface area contributed by atoms with E-state index in [1.807, 2.05) is 0 Å². The van der Waals surface area contributed by atoms with E-state index in [0.717, 1.165) is 13.0 Å². The molecule has 0 spiro atoms. The maximum atomic E-state index is 3.74. The van der Waals surface area contributed by atoms with Crippen molar-refractivity contribution >= 4 is 0 Å². The highest BCUT2D eigenvalue weighted by Crippen LogP contribution is 2.22.